The highest BCUT2D eigenvalue weighted by atomic mass is 16.3. The molecule has 0 saturated carbocycles. The molecule has 2 atom stereocenters. The molecule has 0 radical (unpaired) electrons. The molecule has 1 rings (SSSR count). The largest absolute Gasteiger partial charge is 0.392 e. The quantitative estimate of drug-likeness (QED) is 0.777. The number of hydrogen-bond acceptors (Lipinski definition) is 1. The van der Waals surface area contributed by atoms with Gasteiger partial charge in [0, 0.05) is 0 Å². The van der Waals surface area contributed by atoms with Crippen molar-refractivity contribution in [2.45, 2.75) is 33.3 Å². The van der Waals surface area contributed by atoms with Gasteiger partial charge in [0.05, 0.1) is 6.10 Å². The maximum absolute atomic E-state index is 9.94. The summed E-state index contributed by atoms with van der Waals surface area (Å²) in [5.41, 5.74) is 1.22. The highest BCUT2D eigenvalue weighted by molar-refractivity contribution is 5.15. The molecule has 1 nitrogen and oxygen atoms in total. The average molecular weight is 192 g/mol. The zero-order valence-electron chi connectivity index (χ0n) is 9.27. The second kappa shape index (κ2) is 5.16. The summed E-state index contributed by atoms with van der Waals surface area (Å²) in [6.07, 6.45) is 0.539. The monoisotopic (exact) mass is 192 g/mol. The van der Waals surface area contributed by atoms with Crippen LogP contribution in [0.2, 0.25) is 0 Å². The van der Waals surface area contributed by atoms with Gasteiger partial charge in [0.25, 0.3) is 0 Å². The standard InChI is InChI=1S/C13H20O/c1-10(2)11(3)13(14)9-12-7-5-4-6-8-12/h4-8,10-11,13-14H,9H2,1-3H3. The lowest BCUT2D eigenvalue weighted by Gasteiger charge is -2.22. The van der Waals surface area contributed by atoms with E-state index in [4.69, 9.17) is 0 Å². The Kier molecular flexibility index (Phi) is 4.15. The van der Waals surface area contributed by atoms with E-state index in [1.54, 1.807) is 0 Å². The van der Waals surface area contributed by atoms with Gasteiger partial charge in [-0.15, -0.1) is 0 Å². The predicted octanol–water partition coefficient (Wildman–Crippen LogP) is 2.88. The Balaban J connectivity index is 2.53. The molecule has 0 aliphatic carbocycles. The maximum atomic E-state index is 9.94. The van der Waals surface area contributed by atoms with E-state index in [0.717, 1.165) is 6.42 Å². The van der Waals surface area contributed by atoms with Gasteiger partial charge in [-0.25, -0.2) is 0 Å². The number of rotatable bonds is 4. The van der Waals surface area contributed by atoms with Crippen molar-refractivity contribution < 1.29 is 5.11 Å². The van der Waals surface area contributed by atoms with Gasteiger partial charge in [-0.05, 0) is 23.8 Å². The van der Waals surface area contributed by atoms with Crippen LogP contribution < -0.4 is 0 Å². The van der Waals surface area contributed by atoms with Gasteiger partial charge in [0.1, 0.15) is 0 Å². The lowest BCUT2D eigenvalue weighted by atomic mass is 9.89. The molecule has 1 heteroatoms. The number of hydrogen-bond donors (Lipinski definition) is 1. The van der Waals surface area contributed by atoms with E-state index in [1.807, 2.05) is 18.2 Å². The molecule has 0 aliphatic rings. The van der Waals surface area contributed by atoms with Crippen molar-refractivity contribution >= 4 is 0 Å². The van der Waals surface area contributed by atoms with Crippen LogP contribution in [0.25, 0.3) is 0 Å². The van der Waals surface area contributed by atoms with E-state index in [-0.39, 0.29) is 6.10 Å². The highest BCUT2D eigenvalue weighted by Gasteiger charge is 2.17. The zero-order valence-corrected chi connectivity index (χ0v) is 9.27. The number of aliphatic hydroxyl groups is 1. The summed E-state index contributed by atoms with van der Waals surface area (Å²) in [5, 5.41) is 9.94. The third-order valence-corrected chi connectivity index (χ3v) is 2.95. The summed E-state index contributed by atoms with van der Waals surface area (Å²) in [7, 11) is 0. The van der Waals surface area contributed by atoms with Crippen molar-refractivity contribution in [3.05, 3.63) is 35.9 Å². The van der Waals surface area contributed by atoms with Crippen LogP contribution in [0.1, 0.15) is 26.3 Å². The molecule has 1 aromatic carbocycles. The molecule has 0 amide bonds. The molecule has 0 fully saturated rings. The van der Waals surface area contributed by atoms with Gasteiger partial charge in [-0.2, -0.15) is 0 Å². The smallest absolute Gasteiger partial charge is 0.0608 e. The number of aliphatic hydroxyl groups excluding tert-OH is 1. The third-order valence-electron chi connectivity index (χ3n) is 2.95. The van der Waals surface area contributed by atoms with Crippen molar-refractivity contribution in [2.24, 2.45) is 11.8 Å². The Morgan fingerprint density at radius 3 is 2.14 bits per heavy atom. The summed E-state index contributed by atoms with van der Waals surface area (Å²) in [5.74, 6) is 0.893. The molecule has 14 heavy (non-hydrogen) atoms. The van der Waals surface area contributed by atoms with Crippen molar-refractivity contribution in [2.75, 3.05) is 0 Å². The van der Waals surface area contributed by atoms with Crippen molar-refractivity contribution in [1.82, 2.24) is 0 Å². The minimum Gasteiger partial charge on any atom is -0.392 e. The van der Waals surface area contributed by atoms with E-state index in [2.05, 4.69) is 32.9 Å². The van der Waals surface area contributed by atoms with Crippen LogP contribution in [0, 0.1) is 11.8 Å². The van der Waals surface area contributed by atoms with Crippen LogP contribution in [0.5, 0.6) is 0 Å². The van der Waals surface area contributed by atoms with Gasteiger partial charge >= 0.3 is 0 Å². The fourth-order valence-corrected chi connectivity index (χ4v) is 1.49. The SMILES string of the molecule is CC(C)C(C)C(O)Cc1ccccc1. The highest BCUT2D eigenvalue weighted by Crippen LogP contribution is 2.17. The van der Waals surface area contributed by atoms with E-state index in [1.165, 1.54) is 5.56 Å². The first-order chi connectivity index (χ1) is 6.61. The van der Waals surface area contributed by atoms with Crippen molar-refractivity contribution in [3.63, 3.8) is 0 Å². The van der Waals surface area contributed by atoms with Gasteiger partial charge in [-0.1, -0.05) is 51.1 Å². The third kappa shape index (κ3) is 3.15. The Hall–Kier alpha value is -0.820. The number of benzene rings is 1. The first kappa shape index (κ1) is 11.3. The Bertz CT molecular complexity index is 253. The van der Waals surface area contributed by atoms with Gasteiger partial charge < -0.3 is 5.11 Å². The lowest BCUT2D eigenvalue weighted by molar-refractivity contribution is 0.0921. The molecule has 0 aromatic heterocycles. The summed E-state index contributed by atoms with van der Waals surface area (Å²) >= 11 is 0. The fourth-order valence-electron chi connectivity index (χ4n) is 1.49. The Morgan fingerprint density at radius 2 is 1.64 bits per heavy atom. The van der Waals surface area contributed by atoms with Crippen LogP contribution in [-0.4, -0.2) is 11.2 Å². The van der Waals surface area contributed by atoms with Crippen LogP contribution in [0.4, 0.5) is 0 Å². The van der Waals surface area contributed by atoms with Gasteiger partial charge in [0.15, 0.2) is 0 Å². The molecule has 0 spiro atoms. The van der Waals surface area contributed by atoms with E-state index >= 15 is 0 Å². The van der Waals surface area contributed by atoms with Gasteiger partial charge in [0.2, 0.25) is 0 Å². The topological polar surface area (TPSA) is 20.2 Å². The second-order valence-electron chi connectivity index (χ2n) is 4.36. The Labute approximate surface area is 86.8 Å². The van der Waals surface area contributed by atoms with Crippen LogP contribution >= 0.6 is 0 Å². The molecule has 0 heterocycles. The van der Waals surface area contributed by atoms with Crippen molar-refractivity contribution in [1.29, 1.82) is 0 Å². The maximum Gasteiger partial charge on any atom is 0.0608 e. The minimum atomic E-state index is -0.225. The lowest BCUT2D eigenvalue weighted by Crippen LogP contribution is -2.24. The zero-order chi connectivity index (χ0) is 10.6. The minimum absolute atomic E-state index is 0.225. The van der Waals surface area contributed by atoms with Gasteiger partial charge in [-0.3, -0.25) is 0 Å². The summed E-state index contributed by atoms with van der Waals surface area (Å²) < 4.78 is 0. The fraction of sp³-hybridized carbons (Fsp3) is 0.538. The normalized spacial score (nSPS) is 15.5. The van der Waals surface area contributed by atoms with E-state index in [0.29, 0.717) is 11.8 Å². The van der Waals surface area contributed by atoms with Crippen LogP contribution in [-0.2, 0) is 6.42 Å². The molecule has 0 bridgehead atoms. The molecule has 0 aliphatic heterocycles. The first-order valence-corrected chi connectivity index (χ1v) is 5.33. The second-order valence-corrected chi connectivity index (χ2v) is 4.36. The molecule has 78 valence electrons. The molecular formula is C13H20O. The van der Waals surface area contributed by atoms with Crippen molar-refractivity contribution in [3.8, 4) is 0 Å². The molecule has 2 unspecified atom stereocenters. The summed E-state index contributed by atoms with van der Waals surface area (Å²) in [6.45, 7) is 6.41. The first-order valence-electron chi connectivity index (χ1n) is 5.33. The molecule has 1 aromatic rings. The molecular weight excluding hydrogens is 172 g/mol. The van der Waals surface area contributed by atoms with Crippen LogP contribution in [0.3, 0.4) is 0 Å². The van der Waals surface area contributed by atoms with E-state index < -0.39 is 0 Å². The van der Waals surface area contributed by atoms with E-state index in [9.17, 15) is 5.11 Å². The van der Waals surface area contributed by atoms with Crippen LogP contribution in [0.15, 0.2) is 30.3 Å². The summed E-state index contributed by atoms with van der Waals surface area (Å²) in [4.78, 5) is 0. The molecule has 1 N–H and O–H groups in total. The predicted molar refractivity (Wildman–Crippen MR) is 60.2 cm³/mol. The molecule has 0 saturated heterocycles. The average Bonchev–Trinajstić information content (AvgIpc) is 2.18. The Morgan fingerprint density at radius 1 is 1.07 bits per heavy atom. The summed E-state index contributed by atoms with van der Waals surface area (Å²) in [6, 6.07) is 10.2.